The largest absolute Gasteiger partial charge is 0.285 e. The molecule has 0 aromatic rings. The van der Waals surface area contributed by atoms with Gasteiger partial charge in [-0.05, 0) is 46.0 Å². The molecule has 14 heavy (non-hydrogen) atoms. The predicted octanol–water partition coefficient (Wildman–Crippen LogP) is 2.05. The first kappa shape index (κ1) is 9.17. The summed E-state index contributed by atoms with van der Waals surface area (Å²) in [6, 6.07) is 3.54. The summed E-state index contributed by atoms with van der Waals surface area (Å²) in [6.45, 7) is 6.07. The third-order valence-corrected chi connectivity index (χ3v) is 4.78. The van der Waals surface area contributed by atoms with Gasteiger partial charge in [0.05, 0.1) is 6.67 Å². The highest BCUT2D eigenvalue weighted by atomic mass is 15.4. The molecule has 3 rings (SSSR count). The zero-order valence-electron chi connectivity index (χ0n) is 9.45. The molecule has 0 radical (unpaired) electrons. The van der Waals surface area contributed by atoms with Gasteiger partial charge in [-0.1, -0.05) is 0 Å². The van der Waals surface area contributed by atoms with Gasteiger partial charge in [0.15, 0.2) is 0 Å². The molecule has 4 atom stereocenters. The van der Waals surface area contributed by atoms with Crippen LogP contribution in [-0.4, -0.2) is 40.6 Å². The van der Waals surface area contributed by atoms with E-state index < -0.39 is 0 Å². The van der Waals surface area contributed by atoms with Crippen LogP contribution in [0.3, 0.4) is 0 Å². The fourth-order valence-electron chi connectivity index (χ4n) is 3.77. The van der Waals surface area contributed by atoms with Crippen molar-refractivity contribution in [1.82, 2.24) is 9.80 Å². The van der Waals surface area contributed by atoms with Gasteiger partial charge in [-0.15, -0.1) is 0 Å². The van der Waals surface area contributed by atoms with Crippen LogP contribution in [0, 0.1) is 0 Å². The average Bonchev–Trinajstić information content (AvgIpc) is 2.71. The molecular formula is C12H22N2. The number of hydrogen-bond acceptors (Lipinski definition) is 2. The maximum absolute atomic E-state index is 2.75. The summed E-state index contributed by atoms with van der Waals surface area (Å²) in [4.78, 5) is 5.50. The van der Waals surface area contributed by atoms with Crippen LogP contribution in [0.2, 0.25) is 0 Å². The standard InChI is InChI=1S/C12H22N2/c1-9-3-5-11-7-12-6-4-10(2)14(12)8-13(9)11/h9-12H,3-8H2,1-2H3/t9-,10-,11+,12+/m0/s1. The van der Waals surface area contributed by atoms with Gasteiger partial charge in [-0.25, -0.2) is 0 Å². The third kappa shape index (κ3) is 1.24. The van der Waals surface area contributed by atoms with Crippen molar-refractivity contribution in [2.75, 3.05) is 6.67 Å². The molecule has 0 spiro atoms. The molecule has 3 heterocycles. The van der Waals surface area contributed by atoms with Crippen LogP contribution in [0.4, 0.5) is 0 Å². The van der Waals surface area contributed by atoms with Gasteiger partial charge in [-0.3, -0.25) is 9.80 Å². The van der Waals surface area contributed by atoms with Gasteiger partial charge in [0.2, 0.25) is 0 Å². The van der Waals surface area contributed by atoms with E-state index >= 15 is 0 Å². The number of hydrogen-bond donors (Lipinski definition) is 0. The van der Waals surface area contributed by atoms with Gasteiger partial charge >= 0.3 is 0 Å². The Kier molecular flexibility index (Phi) is 2.10. The molecule has 0 aliphatic carbocycles. The second kappa shape index (κ2) is 3.21. The first-order valence-corrected chi connectivity index (χ1v) is 6.27. The van der Waals surface area contributed by atoms with Crippen molar-refractivity contribution >= 4 is 0 Å². The van der Waals surface area contributed by atoms with Crippen LogP contribution < -0.4 is 0 Å². The number of rotatable bonds is 0. The van der Waals surface area contributed by atoms with Crippen molar-refractivity contribution in [3.63, 3.8) is 0 Å². The Bertz CT molecular complexity index is 206. The highest BCUT2D eigenvalue weighted by molar-refractivity contribution is 4.97. The molecule has 0 N–H and O–H groups in total. The van der Waals surface area contributed by atoms with Crippen LogP contribution in [0.15, 0.2) is 0 Å². The third-order valence-electron chi connectivity index (χ3n) is 4.78. The molecule has 0 saturated carbocycles. The Morgan fingerprint density at radius 2 is 1.29 bits per heavy atom. The summed E-state index contributed by atoms with van der Waals surface area (Å²) in [6.07, 6.45) is 7.23. The van der Waals surface area contributed by atoms with Crippen LogP contribution in [0.25, 0.3) is 0 Å². The minimum Gasteiger partial charge on any atom is -0.285 e. The minimum atomic E-state index is 0.841. The zero-order valence-corrected chi connectivity index (χ0v) is 9.45. The molecule has 0 bridgehead atoms. The fourth-order valence-corrected chi connectivity index (χ4v) is 3.77. The molecule has 0 aromatic carbocycles. The molecule has 3 saturated heterocycles. The second-order valence-corrected chi connectivity index (χ2v) is 5.57. The Hall–Kier alpha value is -0.0800. The predicted molar refractivity (Wildman–Crippen MR) is 58.1 cm³/mol. The summed E-state index contributed by atoms with van der Waals surface area (Å²) in [5, 5.41) is 0. The molecule has 0 aromatic heterocycles. The molecule has 3 aliphatic rings. The lowest BCUT2D eigenvalue weighted by molar-refractivity contribution is 0.00757. The lowest BCUT2D eigenvalue weighted by atomic mass is 10.0. The summed E-state index contributed by atoms with van der Waals surface area (Å²) >= 11 is 0. The van der Waals surface area contributed by atoms with Crippen molar-refractivity contribution in [1.29, 1.82) is 0 Å². The van der Waals surface area contributed by atoms with E-state index in [1.807, 2.05) is 0 Å². The second-order valence-electron chi connectivity index (χ2n) is 5.57. The smallest absolute Gasteiger partial charge is 0.0516 e. The quantitative estimate of drug-likeness (QED) is 0.582. The van der Waals surface area contributed by atoms with Gasteiger partial charge in [0.1, 0.15) is 0 Å². The molecule has 2 heteroatoms. The SMILES string of the molecule is C[C@H]1CC[C@@H]2C[C@H]3CC[C@H](C)N3CN21. The van der Waals surface area contributed by atoms with E-state index in [-0.39, 0.29) is 0 Å². The minimum absolute atomic E-state index is 0.841. The Morgan fingerprint density at radius 1 is 0.786 bits per heavy atom. The number of nitrogens with zero attached hydrogens (tertiary/aromatic N) is 2. The van der Waals surface area contributed by atoms with E-state index in [2.05, 4.69) is 23.6 Å². The van der Waals surface area contributed by atoms with E-state index in [0.29, 0.717) is 0 Å². The van der Waals surface area contributed by atoms with Crippen LogP contribution in [-0.2, 0) is 0 Å². The highest BCUT2D eigenvalue weighted by Gasteiger charge is 2.43. The van der Waals surface area contributed by atoms with E-state index in [1.54, 1.807) is 0 Å². The first-order chi connectivity index (χ1) is 6.75. The van der Waals surface area contributed by atoms with Crippen molar-refractivity contribution < 1.29 is 0 Å². The molecule has 80 valence electrons. The summed E-state index contributed by atoms with van der Waals surface area (Å²) in [7, 11) is 0. The van der Waals surface area contributed by atoms with Crippen molar-refractivity contribution in [3.05, 3.63) is 0 Å². The normalized spacial score (nSPS) is 49.3. The van der Waals surface area contributed by atoms with Crippen LogP contribution in [0.1, 0.15) is 46.0 Å². The van der Waals surface area contributed by atoms with Crippen molar-refractivity contribution in [2.45, 2.75) is 70.1 Å². The fraction of sp³-hybridized carbons (Fsp3) is 1.00. The van der Waals surface area contributed by atoms with E-state index in [4.69, 9.17) is 0 Å². The highest BCUT2D eigenvalue weighted by Crippen LogP contribution is 2.38. The molecule has 0 amide bonds. The van der Waals surface area contributed by atoms with Gasteiger partial charge in [-0.2, -0.15) is 0 Å². The van der Waals surface area contributed by atoms with Crippen LogP contribution >= 0.6 is 0 Å². The van der Waals surface area contributed by atoms with E-state index in [0.717, 1.165) is 24.2 Å². The molecule has 3 aliphatic heterocycles. The van der Waals surface area contributed by atoms with Gasteiger partial charge < -0.3 is 0 Å². The zero-order chi connectivity index (χ0) is 9.71. The molecule has 2 nitrogen and oxygen atoms in total. The lowest BCUT2D eigenvalue weighted by Crippen LogP contribution is -2.53. The van der Waals surface area contributed by atoms with Crippen molar-refractivity contribution in [3.8, 4) is 0 Å². The maximum Gasteiger partial charge on any atom is 0.0516 e. The van der Waals surface area contributed by atoms with Gasteiger partial charge in [0, 0.05) is 24.2 Å². The summed E-state index contributed by atoms with van der Waals surface area (Å²) < 4.78 is 0. The van der Waals surface area contributed by atoms with Crippen LogP contribution in [0.5, 0.6) is 0 Å². The Balaban J connectivity index is 1.77. The number of fused-ring (bicyclic) bond motifs is 2. The molecular weight excluding hydrogens is 172 g/mol. The summed E-state index contributed by atoms with van der Waals surface area (Å²) in [5.74, 6) is 0. The Morgan fingerprint density at radius 3 is 1.79 bits per heavy atom. The van der Waals surface area contributed by atoms with Crippen molar-refractivity contribution in [2.24, 2.45) is 0 Å². The molecule has 3 fully saturated rings. The van der Waals surface area contributed by atoms with Gasteiger partial charge in [0.25, 0.3) is 0 Å². The first-order valence-electron chi connectivity index (χ1n) is 6.27. The molecule has 0 unspecified atom stereocenters. The monoisotopic (exact) mass is 194 g/mol. The summed E-state index contributed by atoms with van der Waals surface area (Å²) in [5.41, 5.74) is 0. The Labute approximate surface area is 87.3 Å². The van der Waals surface area contributed by atoms with E-state index in [1.165, 1.54) is 38.8 Å². The van der Waals surface area contributed by atoms with E-state index in [9.17, 15) is 0 Å². The lowest BCUT2D eigenvalue weighted by Gasteiger charge is -2.43. The maximum atomic E-state index is 2.75. The topological polar surface area (TPSA) is 6.48 Å². The average molecular weight is 194 g/mol.